The monoisotopic (exact) mass is 524 g/mol. The smallest absolute Gasteiger partial charge is 0.410 e. The van der Waals surface area contributed by atoms with Crippen LogP contribution in [0.2, 0.25) is 0 Å². The Hall–Kier alpha value is -3.52. The van der Waals surface area contributed by atoms with Gasteiger partial charge in [-0.1, -0.05) is 0 Å². The molecule has 194 valence electrons. The Bertz CT molecular complexity index is 1290. The summed E-state index contributed by atoms with van der Waals surface area (Å²) in [4.78, 5) is 36.9. The molecule has 4 heterocycles. The first kappa shape index (κ1) is 25.6. The number of nitrogens with one attached hydrogen (secondary N) is 3. The molecule has 2 aromatic heterocycles. The number of halogens is 2. The second-order valence-electron chi connectivity index (χ2n) is 9.08. The van der Waals surface area contributed by atoms with Crippen LogP contribution in [0.5, 0.6) is 5.75 Å². The molecule has 0 aromatic carbocycles. The summed E-state index contributed by atoms with van der Waals surface area (Å²) >= 11 is 0. The molecule has 2 aliphatic rings. The van der Waals surface area contributed by atoms with Crippen molar-refractivity contribution >= 4 is 33.8 Å². The van der Waals surface area contributed by atoms with Crippen LogP contribution in [0.4, 0.5) is 19.4 Å². The lowest BCUT2D eigenvalue weighted by Crippen LogP contribution is -2.66. The minimum Gasteiger partial charge on any atom is -0.465 e. The molecule has 4 N–H and O–H groups in total. The van der Waals surface area contributed by atoms with Crippen molar-refractivity contribution in [1.29, 1.82) is 0 Å². The molecular formula is C22H26F2N6O5S. The number of fused-ring (bicyclic) bond motifs is 1. The predicted molar refractivity (Wildman–Crippen MR) is 129 cm³/mol. The molecule has 2 aliphatic heterocycles. The summed E-state index contributed by atoms with van der Waals surface area (Å²) in [7, 11) is -3.35. The molecule has 0 unspecified atom stereocenters. The van der Waals surface area contributed by atoms with Crippen molar-refractivity contribution in [3.63, 3.8) is 0 Å². The van der Waals surface area contributed by atoms with E-state index in [9.17, 15) is 23.3 Å². The molecule has 36 heavy (non-hydrogen) atoms. The minimum atomic E-state index is -3.35. The standard InChI is InChI=1S/C22H26F2N6O5S/c1-21(2)19(29-20(32)33)30-22(3,15-8-9-26-36(15,21)34)17-13(24)5-7-16(27-17)28-18(31)14-6-4-12(10-25-14)35-11-23/h4-7,10,15,36H,8-9,11H2,1-3H3,(H,26,34)(H,29,30)(H,32,33)(H,27,28,31)/t15-,22+/m1/s1. The number of carboxylic acid groups (broad SMARTS) is 1. The molecule has 0 saturated carbocycles. The fourth-order valence-corrected chi connectivity index (χ4v) is 8.34. The highest BCUT2D eigenvalue weighted by Gasteiger charge is 2.59. The molecule has 0 spiro atoms. The van der Waals surface area contributed by atoms with Crippen LogP contribution in [0.25, 0.3) is 0 Å². The SMILES string of the molecule is CC1(C)C(NC(=O)O)=N[C@](C)(c2nc(NC(=O)c3ccc(OCF)cn3)ccc2F)[C@H]2CCN[SH]21=O. The average molecular weight is 525 g/mol. The number of aliphatic imine (C=N–C) groups is 1. The van der Waals surface area contributed by atoms with Gasteiger partial charge in [0.15, 0.2) is 0 Å². The van der Waals surface area contributed by atoms with Crippen molar-refractivity contribution in [3.8, 4) is 5.75 Å². The van der Waals surface area contributed by atoms with Crippen molar-refractivity contribution in [1.82, 2.24) is 20.0 Å². The topological polar surface area (TPSA) is 155 Å². The number of hydrogen-bond donors (Lipinski definition) is 5. The minimum absolute atomic E-state index is 0.0166. The third-order valence-electron chi connectivity index (χ3n) is 6.59. The number of thiol groups is 1. The quantitative estimate of drug-likeness (QED) is 0.375. The maximum atomic E-state index is 15.2. The van der Waals surface area contributed by atoms with E-state index in [2.05, 4.69) is 35.1 Å². The molecule has 0 aliphatic carbocycles. The summed E-state index contributed by atoms with van der Waals surface area (Å²) in [5.74, 6) is -1.36. The second-order valence-corrected chi connectivity index (χ2v) is 12.5. The highest BCUT2D eigenvalue weighted by Crippen LogP contribution is 2.48. The molecule has 11 nitrogen and oxygen atoms in total. The second kappa shape index (κ2) is 9.17. The number of rotatable bonds is 5. The molecule has 2 aromatic rings. The van der Waals surface area contributed by atoms with Crippen LogP contribution in [-0.2, 0) is 15.7 Å². The van der Waals surface area contributed by atoms with Gasteiger partial charge in [0.2, 0.25) is 6.86 Å². The van der Waals surface area contributed by atoms with E-state index < -0.39 is 50.3 Å². The molecule has 1 saturated heterocycles. The number of amidine groups is 1. The number of ether oxygens (including phenoxy) is 1. The molecule has 0 radical (unpaired) electrons. The number of anilines is 1. The summed E-state index contributed by atoms with van der Waals surface area (Å²) in [6.07, 6.45) is 0.188. The number of amides is 2. The summed E-state index contributed by atoms with van der Waals surface area (Å²) in [5, 5.41) is 13.4. The van der Waals surface area contributed by atoms with E-state index in [1.165, 1.54) is 24.4 Å². The number of hydrogen-bond acceptors (Lipinski definition) is 7. The Morgan fingerprint density at radius 1 is 1.25 bits per heavy atom. The Labute approximate surface area is 206 Å². The maximum absolute atomic E-state index is 15.2. The van der Waals surface area contributed by atoms with Crippen LogP contribution in [0.3, 0.4) is 0 Å². The lowest BCUT2D eigenvalue weighted by atomic mass is 9.89. The van der Waals surface area contributed by atoms with E-state index in [1.807, 2.05) is 0 Å². The lowest BCUT2D eigenvalue weighted by Gasteiger charge is -2.50. The van der Waals surface area contributed by atoms with Crippen LogP contribution >= 0.6 is 0 Å². The number of carbonyl (C=O) groups excluding carboxylic acids is 1. The zero-order valence-corrected chi connectivity index (χ0v) is 20.6. The van der Waals surface area contributed by atoms with Crippen LogP contribution < -0.4 is 20.1 Å². The summed E-state index contributed by atoms with van der Waals surface area (Å²) in [6.45, 7) is 4.15. The molecular weight excluding hydrogens is 498 g/mol. The third kappa shape index (κ3) is 4.19. The number of alkyl halides is 1. The fraction of sp³-hybridized carbons (Fsp3) is 0.409. The molecule has 0 bridgehead atoms. The van der Waals surface area contributed by atoms with E-state index in [0.717, 1.165) is 6.07 Å². The third-order valence-corrected chi connectivity index (χ3v) is 10.8. The van der Waals surface area contributed by atoms with Gasteiger partial charge in [-0.05, 0) is 61.6 Å². The number of carbonyl (C=O) groups is 2. The summed E-state index contributed by atoms with van der Waals surface area (Å²) < 4.78 is 48.2. The van der Waals surface area contributed by atoms with Gasteiger partial charge in [0.05, 0.1) is 16.2 Å². The zero-order valence-electron chi connectivity index (χ0n) is 19.7. The largest absolute Gasteiger partial charge is 0.465 e. The first-order valence-electron chi connectivity index (χ1n) is 11.0. The van der Waals surface area contributed by atoms with E-state index in [4.69, 9.17) is 0 Å². The molecule has 2 atom stereocenters. The van der Waals surface area contributed by atoms with Crippen LogP contribution in [0.1, 0.15) is 43.4 Å². The van der Waals surface area contributed by atoms with Crippen LogP contribution in [0, 0.1) is 5.82 Å². The van der Waals surface area contributed by atoms with Gasteiger partial charge in [-0.15, -0.1) is 0 Å². The summed E-state index contributed by atoms with van der Waals surface area (Å²) in [5.41, 5.74) is -1.70. The van der Waals surface area contributed by atoms with E-state index in [0.29, 0.717) is 13.0 Å². The number of pyridine rings is 2. The van der Waals surface area contributed by atoms with Gasteiger partial charge in [-0.2, -0.15) is 0 Å². The van der Waals surface area contributed by atoms with Gasteiger partial charge >= 0.3 is 6.09 Å². The molecule has 1 fully saturated rings. The van der Waals surface area contributed by atoms with Crippen molar-refractivity contribution in [2.24, 2.45) is 4.99 Å². The maximum Gasteiger partial charge on any atom is 0.410 e. The van der Waals surface area contributed by atoms with Crippen molar-refractivity contribution in [2.75, 3.05) is 18.7 Å². The highest BCUT2D eigenvalue weighted by atomic mass is 32.3. The van der Waals surface area contributed by atoms with Crippen molar-refractivity contribution in [2.45, 2.75) is 42.7 Å². The number of aromatic nitrogens is 2. The molecule has 4 rings (SSSR count). The van der Waals surface area contributed by atoms with Crippen LogP contribution in [0.15, 0.2) is 35.5 Å². The van der Waals surface area contributed by atoms with E-state index >= 15 is 4.39 Å². The van der Waals surface area contributed by atoms with Gasteiger partial charge in [0.25, 0.3) is 5.91 Å². The van der Waals surface area contributed by atoms with E-state index in [-0.39, 0.29) is 28.8 Å². The van der Waals surface area contributed by atoms with Crippen molar-refractivity contribution < 1.29 is 32.4 Å². The Kier molecular flexibility index (Phi) is 6.51. The Morgan fingerprint density at radius 2 is 2.00 bits per heavy atom. The first-order valence-corrected chi connectivity index (χ1v) is 12.8. The lowest BCUT2D eigenvalue weighted by molar-refractivity contribution is 0.102. The fourth-order valence-electron chi connectivity index (χ4n) is 4.69. The van der Waals surface area contributed by atoms with Gasteiger partial charge in [-0.25, -0.2) is 23.5 Å². The van der Waals surface area contributed by atoms with Gasteiger partial charge in [-0.3, -0.25) is 24.0 Å². The average Bonchev–Trinajstić information content (AvgIpc) is 3.24. The van der Waals surface area contributed by atoms with Gasteiger partial charge < -0.3 is 15.2 Å². The van der Waals surface area contributed by atoms with Gasteiger partial charge in [0, 0.05) is 6.54 Å². The highest BCUT2D eigenvalue weighted by molar-refractivity contribution is 8.04. The number of nitrogens with zero attached hydrogens (tertiary/aromatic N) is 3. The van der Waals surface area contributed by atoms with E-state index in [1.54, 1.807) is 20.8 Å². The predicted octanol–water partition coefficient (Wildman–Crippen LogP) is 2.14. The van der Waals surface area contributed by atoms with Crippen LogP contribution in [-0.4, -0.2) is 60.5 Å². The normalized spacial score (nSPS) is 24.7. The Morgan fingerprint density at radius 3 is 2.64 bits per heavy atom. The molecule has 2 amide bonds. The van der Waals surface area contributed by atoms with Crippen molar-refractivity contribution in [3.05, 3.63) is 47.7 Å². The zero-order chi connectivity index (χ0) is 26.3. The molecule has 14 heteroatoms. The first-order chi connectivity index (χ1) is 16.9. The summed E-state index contributed by atoms with van der Waals surface area (Å²) in [6, 6.07) is 5.04. The van der Waals surface area contributed by atoms with Gasteiger partial charge in [0.1, 0.15) is 40.1 Å². The Balaban J connectivity index is 1.73.